The normalized spacial score (nSPS) is 11.3. The van der Waals surface area contributed by atoms with E-state index in [4.69, 9.17) is 10.8 Å². The van der Waals surface area contributed by atoms with Gasteiger partial charge in [0.05, 0.1) is 6.54 Å². The molecule has 1 aromatic rings. The van der Waals surface area contributed by atoms with E-state index in [9.17, 15) is 8.42 Å². The Bertz CT molecular complexity index is 500. The topological polar surface area (TPSA) is 71.3 Å². The zero-order chi connectivity index (χ0) is 13.4. The molecule has 0 aliphatic carbocycles. The maximum atomic E-state index is 11.8. The smallest absolute Gasteiger partial charge is 0.273 e. The van der Waals surface area contributed by atoms with Gasteiger partial charge in [0, 0.05) is 13.0 Å². The van der Waals surface area contributed by atoms with E-state index >= 15 is 0 Å². The molecule has 0 aliphatic rings. The van der Waals surface area contributed by atoms with Crippen LogP contribution in [0, 0.1) is 12.3 Å². The number of furan rings is 1. The first-order valence-corrected chi connectivity index (χ1v) is 7.31. The van der Waals surface area contributed by atoms with Gasteiger partial charge in [0.15, 0.2) is 0 Å². The van der Waals surface area contributed by atoms with Crippen LogP contribution >= 0.6 is 0 Å². The molecule has 0 aromatic carbocycles. The van der Waals surface area contributed by atoms with Gasteiger partial charge in [-0.25, -0.2) is 13.1 Å². The number of sulfonamides is 1. The van der Waals surface area contributed by atoms with E-state index in [1.54, 1.807) is 6.07 Å². The molecule has 5 nitrogen and oxygen atoms in total. The maximum Gasteiger partial charge on any atom is 0.273 e. The summed E-state index contributed by atoms with van der Waals surface area (Å²) in [6.07, 6.45) is 6.25. The van der Waals surface area contributed by atoms with Crippen LogP contribution in [0.5, 0.6) is 0 Å². The SMILES string of the molecule is C#CCCCNS(=O)(=O)c1ccc(CNCC)o1. The van der Waals surface area contributed by atoms with Crippen LogP contribution in [0.1, 0.15) is 25.5 Å². The summed E-state index contributed by atoms with van der Waals surface area (Å²) >= 11 is 0. The average molecular weight is 270 g/mol. The monoisotopic (exact) mass is 270 g/mol. The van der Waals surface area contributed by atoms with E-state index in [0.717, 1.165) is 6.54 Å². The zero-order valence-corrected chi connectivity index (χ0v) is 11.2. The summed E-state index contributed by atoms with van der Waals surface area (Å²) in [5.74, 6) is 3.05. The molecule has 1 aromatic heterocycles. The van der Waals surface area contributed by atoms with Gasteiger partial charge in [0.2, 0.25) is 5.09 Å². The highest BCUT2D eigenvalue weighted by Crippen LogP contribution is 2.13. The molecule has 0 atom stereocenters. The van der Waals surface area contributed by atoms with E-state index in [1.807, 2.05) is 6.92 Å². The lowest BCUT2D eigenvalue weighted by atomic mass is 10.3. The predicted molar refractivity (Wildman–Crippen MR) is 69.3 cm³/mol. The fourth-order valence-electron chi connectivity index (χ4n) is 1.31. The third-order valence-corrected chi connectivity index (χ3v) is 3.57. The minimum absolute atomic E-state index is 0.0592. The van der Waals surface area contributed by atoms with Gasteiger partial charge >= 0.3 is 0 Å². The molecular formula is C12H18N2O3S. The standard InChI is InChI=1S/C12H18N2O3S/c1-3-5-6-9-14-18(15,16)12-8-7-11(17-12)10-13-4-2/h1,7-8,13-14H,4-6,9-10H2,2H3. The van der Waals surface area contributed by atoms with Crippen molar-refractivity contribution in [3.05, 3.63) is 17.9 Å². The zero-order valence-electron chi connectivity index (χ0n) is 10.4. The second kappa shape index (κ2) is 7.21. The lowest BCUT2D eigenvalue weighted by Gasteiger charge is -2.02. The number of nitrogens with one attached hydrogen (secondary N) is 2. The average Bonchev–Trinajstić information content (AvgIpc) is 2.81. The quantitative estimate of drug-likeness (QED) is 0.548. The number of terminal acetylenes is 1. The van der Waals surface area contributed by atoms with Gasteiger partial charge in [-0.05, 0) is 25.1 Å². The van der Waals surface area contributed by atoms with Crippen LogP contribution in [-0.2, 0) is 16.6 Å². The van der Waals surface area contributed by atoms with Crippen molar-refractivity contribution in [1.29, 1.82) is 0 Å². The third-order valence-electron chi connectivity index (χ3n) is 2.24. The van der Waals surface area contributed by atoms with Crippen LogP contribution in [0.3, 0.4) is 0 Å². The van der Waals surface area contributed by atoms with Crippen molar-refractivity contribution in [2.75, 3.05) is 13.1 Å². The summed E-state index contributed by atoms with van der Waals surface area (Å²) in [7, 11) is -3.56. The van der Waals surface area contributed by atoms with Crippen LogP contribution < -0.4 is 10.0 Å². The van der Waals surface area contributed by atoms with E-state index in [1.165, 1.54) is 6.07 Å². The maximum absolute atomic E-state index is 11.8. The Hall–Kier alpha value is -1.29. The molecule has 0 bridgehead atoms. The molecule has 18 heavy (non-hydrogen) atoms. The number of hydrogen-bond donors (Lipinski definition) is 2. The minimum Gasteiger partial charge on any atom is -0.447 e. The Morgan fingerprint density at radius 3 is 2.89 bits per heavy atom. The molecule has 0 radical (unpaired) electrons. The summed E-state index contributed by atoms with van der Waals surface area (Å²) in [6, 6.07) is 3.11. The van der Waals surface area contributed by atoms with E-state index in [0.29, 0.717) is 31.7 Å². The Balaban J connectivity index is 2.56. The van der Waals surface area contributed by atoms with Crippen LogP contribution in [0.15, 0.2) is 21.6 Å². The van der Waals surface area contributed by atoms with Crippen LogP contribution in [0.4, 0.5) is 0 Å². The number of unbranched alkanes of at least 4 members (excludes halogenated alkanes) is 1. The van der Waals surface area contributed by atoms with Crippen LogP contribution in [-0.4, -0.2) is 21.5 Å². The fraction of sp³-hybridized carbons (Fsp3) is 0.500. The first-order chi connectivity index (χ1) is 8.60. The van der Waals surface area contributed by atoms with Crippen LogP contribution in [0.25, 0.3) is 0 Å². The van der Waals surface area contributed by atoms with Gasteiger partial charge in [0.1, 0.15) is 5.76 Å². The summed E-state index contributed by atoms with van der Waals surface area (Å²) in [5, 5.41) is 3.00. The fourth-order valence-corrected chi connectivity index (χ4v) is 2.33. The number of rotatable bonds is 8. The molecule has 0 saturated heterocycles. The highest BCUT2D eigenvalue weighted by atomic mass is 32.2. The Morgan fingerprint density at radius 1 is 1.44 bits per heavy atom. The molecule has 1 heterocycles. The predicted octanol–water partition coefficient (Wildman–Crippen LogP) is 1.08. The second-order valence-electron chi connectivity index (χ2n) is 3.71. The van der Waals surface area contributed by atoms with Crippen LogP contribution in [0.2, 0.25) is 0 Å². The largest absolute Gasteiger partial charge is 0.447 e. The van der Waals surface area contributed by atoms with Gasteiger partial charge < -0.3 is 9.73 Å². The Labute approximate surface area is 108 Å². The molecule has 0 spiro atoms. The van der Waals surface area contributed by atoms with Crippen molar-refractivity contribution in [3.63, 3.8) is 0 Å². The highest BCUT2D eigenvalue weighted by Gasteiger charge is 2.17. The molecule has 0 fully saturated rings. The molecule has 2 N–H and O–H groups in total. The number of hydrogen-bond acceptors (Lipinski definition) is 4. The summed E-state index contributed by atoms with van der Waals surface area (Å²) in [4.78, 5) is 0. The van der Waals surface area contributed by atoms with Crippen molar-refractivity contribution >= 4 is 10.0 Å². The van der Waals surface area contributed by atoms with Gasteiger partial charge in [0.25, 0.3) is 10.0 Å². The molecule has 6 heteroatoms. The summed E-state index contributed by atoms with van der Waals surface area (Å²) < 4.78 is 31.3. The van der Waals surface area contributed by atoms with E-state index in [-0.39, 0.29) is 5.09 Å². The van der Waals surface area contributed by atoms with Crippen molar-refractivity contribution < 1.29 is 12.8 Å². The van der Waals surface area contributed by atoms with E-state index in [2.05, 4.69) is 16.0 Å². The second-order valence-corrected chi connectivity index (χ2v) is 5.40. The van der Waals surface area contributed by atoms with Crippen molar-refractivity contribution in [2.24, 2.45) is 0 Å². The first kappa shape index (κ1) is 14.8. The molecule has 0 unspecified atom stereocenters. The summed E-state index contributed by atoms with van der Waals surface area (Å²) in [5.41, 5.74) is 0. The van der Waals surface area contributed by atoms with Crippen molar-refractivity contribution in [1.82, 2.24) is 10.0 Å². The third kappa shape index (κ3) is 4.53. The van der Waals surface area contributed by atoms with E-state index < -0.39 is 10.0 Å². The highest BCUT2D eigenvalue weighted by molar-refractivity contribution is 7.89. The first-order valence-electron chi connectivity index (χ1n) is 5.82. The molecule has 0 saturated carbocycles. The molecule has 0 amide bonds. The lowest BCUT2D eigenvalue weighted by Crippen LogP contribution is -2.24. The molecule has 0 aliphatic heterocycles. The van der Waals surface area contributed by atoms with Gasteiger partial charge in [-0.3, -0.25) is 0 Å². The van der Waals surface area contributed by atoms with Crippen molar-refractivity contribution in [3.8, 4) is 12.3 Å². The lowest BCUT2D eigenvalue weighted by molar-refractivity contribution is 0.401. The Morgan fingerprint density at radius 2 is 2.22 bits per heavy atom. The Kier molecular flexibility index (Phi) is 5.92. The van der Waals surface area contributed by atoms with Gasteiger partial charge in [-0.1, -0.05) is 6.92 Å². The molecule has 1 rings (SSSR count). The summed E-state index contributed by atoms with van der Waals surface area (Å²) in [6.45, 7) is 3.60. The van der Waals surface area contributed by atoms with Gasteiger partial charge in [-0.2, -0.15) is 0 Å². The van der Waals surface area contributed by atoms with Gasteiger partial charge in [-0.15, -0.1) is 12.3 Å². The minimum atomic E-state index is -3.56. The molecular weight excluding hydrogens is 252 g/mol. The van der Waals surface area contributed by atoms with Crippen molar-refractivity contribution in [2.45, 2.75) is 31.4 Å². The molecule has 100 valence electrons.